The van der Waals surface area contributed by atoms with E-state index in [1.54, 1.807) is 6.20 Å². The minimum atomic E-state index is -0.808. The van der Waals surface area contributed by atoms with Crippen LogP contribution in [0.3, 0.4) is 0 Å². The van der Waals surface area contributed by atoms with Gasteiger partial charge >= 0.3 is 5.97 Å². The predicted octanol–water partition coefficient (Wildman–Crippen LogP) is 3.26. The molecular formula is C21H25N3O2. The lowest BCUT2D eigenvalue weighted by molar-refractivity contribution is -0.144. The molecular weight excluding hydrogens is 326 g/mol. The fourth-order valence-corrected chi connectivity index (χ4v) is 4.12. The van der Waals surface area contributed by atoms with Crippen LogP contribution in [0.25, 0.3) is 0 Å². The standard InChI is InChI=1S/C21H25N3O2/c25-21(26)20(24-13-10-16-6-2-3-7-18(16)15-24)17-8-9-19(22-14-17)23-11-4-1-5-12-23/h2-3,6-9,14,20H,1,4-5,10-13,15H2,(H,25,26)/t20-/m1/s1. The van der Waals surface area contributed by atoms with Gasteiger partial charge in [0.25, 0.3) is 0 Å². The van der Waals surface area contributed by atoms with Gasteiger partial charge in [-0.1, -0.05) is 30.3 Å². The molecule has 1 aromatic carbocycles. The third-order valence-corrected chi connectivity index (χ3v) is 5.53. The van der Waals surface area contributed by atoms with Crippen molar-refractivity contribution in [1.29, 1.82) is 0 Å². The molecule has 0 amide bonds. The molecule has 1 saturated heterocycles. The molecule has 0 saturated carbocycles. The molecule has 1 fully saturated rings. The smallest absolute Gasteiger partial charge is 0.325 e. The first-order valence-electron chi connectivity index (χ1n) is 9.47. The van der Waals surface area contributed by atoms with Crippen molar-refractivity contribution in [3.05, 3.63) is 59.3 Å². The van der Waals surface area contributed by atoms with Crippen LogP contribution in [0.5, 0.6) is 0 Å². The summed E-state index contributed by atoms with van der Waals surface area (Å²) < 4.78 is 0. The lowest BCUT2D eigenvalue weighted by atomic mass is 9.97. The summed E-state index contributed by atoms with van der Waals surface area (Å²) in [4.78, 5) is 20.9. The van der Waals surface area contributed by atoms with Gasteiger partial charge in [0, 0.05) is 32.4 Å². The van der Waals surface area contributed by atoms with Gasteiger partial charge < -0.3 is 10.0 Å². The van der Waals surface area contributed by atoms with Crippen molar-refractivity contribution in [1.82, 2.24) is 9.88 Å². The van der Waals surface area contributed by atoms with E-state index in [0.717, 1.165) is 37.4 Å². The Hall–Kier alpha value is -2.40. The van der Waals surface area contributed by atoms with Gasteiger partial charge in [-0.3, -0.25) is 9.69 Å². The molecule has 2 aliphatic heterocycles. The average Bonchev–Trinajstić information content (AvgIpc) is 2.69. The molecule has 3 heterocycles. The summed E-state index contributed by atoms with van der Waals surface area (Å²) in [5.74, 6) is 0.151. The van der Waals surface area contributed by atoms with E-state index in [1.165, 1.54) is 30.4 Å². The van der Waals surface area contributed by atoms with Crippen molar-refractivity contribution in [3.63, 3.8) is 0 Å². The van der Waals surface area contributed by atoms with Gasteiger partial charge in [0.1, 0.15) is 11.9 Å². The summed E-state index contributed by atoms with van der Waals surface area (Å²) >= 11 is 0. The van der Waals surface area contributed by atoms with Crippen LogP contribution < -0.4 is 4.90 Å². The topological polar surface area (TPSA) is 56.7 Å². The molecule has 2 aliphatic rings. The monoisotopic (exact) mass is 351 g/mol. The van der Waals surface area contributed by atoms with Gasteiger partial charge in [-0.05, 0) is 48.4 Å². The molecule has 0 unspecified atom stereocenters. The van der Waals surface area contributed by atoms with Crippen molar-refractivity contribution in [2.75, 3.05) is 24.5 Å². The summed E-state index contributed by atoms with van der Waals surface area (Å²) in [5.41, 5.74) is 3.31. The van der Waals surface area contributed by atoms with Crippen molar-refractivity contribution in [3.8, 4) is 0 Å². The van der Waals surface area contributed by atoms with Crippen molar-refractivity contribution in [2.45, 2.75) is 38.3 Å². The summed E-state index contributed by atoms with van der Waals surface area (Å²) in [6.07, 6.45) is 6.33. The van der Waals surface area contributed by atoms with Crippen LogP contribution in [0.1, 0.15) is 42.0 Å². The van der Waals surface area contributed by atoms with Crippen LogP contribution in [0, 0.1) is 0 Å². The van der Waals surface area contributed by atoms with Gasteiger partial charge in [-0.2, -0.15) is 0 Å². The Morgan fingerprint density at radius 1 is 1.00 bits per heavy atom. The zero-order chi connectivity index (χ0) is 17.9. The van der Waals surface area contributed by atoms with E-state index in [2.05, 4.69) is 22.0 Å². The second-order valence-corrected chi connectivity index (χ2v) is 7.23. The molecule has 0 spiro atoms. The number of rotatable bonds is 4. The fourth-order valence-electron chi connectivity index (χ4n) is 4.12. The third kappa shape index (κ3) is 3.44. The number of benzene rings is 1. The number of hydrogen-bond acceptors (Lipinski definition) is 4. The number of pyridine rings is 1. The number of nitrogens with zero attached hydrogens (tertiary/aromatic N) is 3. The number of aliphatic carboxylic acids is 1. The number of aromatic nitrogens is 1. The molecule has 0 radical (unpaired) electrons. The highest BCUT2D eigenvalue weighted by molar-refractivity contribution is 5.75. The molecule has 1 N–H and O–H groups in total. The first-order valence-corrected chi connectivity index (χ1v) is 9.47. The van der Waals surface area contributed by atoms with Gasteiger partial charge in [0.05, 0.1) is 0 Å². The maximum Gasteiger partial charge on any atom is 0.325 e. The van der Waals surface area contributed by atoms with Gasteiger partial charge in [0.2, 0.25) is 0 Å². The second-order valence-electron chi connectivity index (χ2n) is 7.23. The Kier molecular flexibility index (Phi) is 4.89. The van der Waals surface area contributed by atoms with E-state index < -0.39 is 12.0 Å². The Bertz CT molecular complexity index is 769. The number of anilines is 1. The number of fused-ring (bicyclic) bond motifs is 1. The molecule has 0 bridgehead atoms. The number of carboxylic acids is 1. The highest BCUT2D eigenvalue weighted by atomic mass is 16.4. The van der Waals surface area contributed by atoms with Crippen molar-refractivity contribution < 1.29 is 9.90 Å². The zero-order valence-corrected chi connectivity index (χ0v) is 15.0. The first kappa shape index (κ1) is 17.0. The van der Waals surface area contributed by atoms with Crippen molar-refractivity contribution in [2.24, 2.45) is 0 Å². The van der Waals surface area contributed by atoms with Crippen LogP contribution >= 0.6 is 0 Å². The van der Waals surface area contributed by atoms with Gasteiger partial charge in [-0.15, -0.1) is 0 Å². The van der Waals surface area contributed by atoms with Crippen LogP contribution in [0.4, 0.5) is 5.82 Å². The SMILES string of the molecule is O=C(O)[C@@H](c1ccc(N2CCCCC2)nc1)N1CCc2ccccc2C1. The average molecular weight is 351 g/mol. The summed E-state index contributed by atoms with van der Waals surface area (Å²) in [6, 6.07) is 11.6. The summed E-state index contributed by atoms with van der Waals surface area (Å²) in [5, 5.41) is 9.87. The molecule has 5 heteroatoms. The third-order valence-electron chi connectivity index (χ3n) is 5.53. The number of carboxylic acid groups (broad SMARTS) is 1. The number of piperidine rings is 1. The van der Waals surface area contributed by atoms with E-state index in [1.807, 2.05) is 29.2 Å². The van der Waals surface area contributed by atoms with Gasteiger partial charge in [-0.25, -0.2) is 4.98 Å². The normalized spacial score (nSPS) is 19.0. The predicted molar refractivity (Wildman–Crippen MR) is 101 cm³/mol. The van der Waals surface area contributed by atoms with E-state index in [0.29, 0.717) is 6.54 Å². The van der Waals surface area contributed by atoms with Crippen LogP contribution in [0.2, 0.25) is 0 Å². The second kappa shape index (κ2) is 7.46. The molecule has 136 valence electrons. The Labute approximate surface area is 154 Å². The number of carbonyl (C=O) groups is 1. The summed E-state index contributed by atoms with van der Waals surface area (Å²) in [7, 11) is 0. The molecule has 1 atom stereocenters. The first-order chi connectivity index (χ1) is 12.7. The lowest BCUT2D eigenvalue weighted by Crippen LogP contribution is -2.38. The van der Waals surface area contributed by atoms with E-state index in [-0.39, 0.29) is 0 Å². The quantitative estimate of drug-likeness (QED) is 0.916. The Balaban J connectivity index is 1.54. The molecule has 2 aromatic rings. The largest absolute Gasteiger partial charge is 0.480 e. The van der Waals surface area contributed by atoms with E-state index in [4.69, 9.17) is 0 Å². The van der Waals surface area contributed by atoms with E-state index >= 15 is 0 Å². The number of hydrogen-bond donors (Lipinski definition) is 1. The molecule has 26 heavy (non-hydrogen) atoms. The molecule has 1 aromatic heterocycles. The zero-order valence-electron chi connectivity index (χ0n) is 15.0. The van der Waals surface area contributed by atoms with E-state index in [9.17, 15) is 9.90 Å². The lowest BCUT2D eigenvalue weighted by Gasteiger charge is -2.33. The molecule has 5 nitrogen and oxygen atoms in total. The minimum absolute atomic E-state index is 0.647. The fraction of sp³-hybridized carbons (Fsp3) is 0.429. The van der Waals surface area contributed by atoms with Crippen LogP contribution in [0.15, 0.2) is 42.6 Å². The highest BCUT2D eigenvalue weighted by Crippen LogP contribution is 2.29. The highest BCUT2D eigenvalue weighted by Gasteiger charge is 2.30. The Morgan fingerprint density at radius 2 is 1.77 bits per heavy atom. The maximum absolute atomic E-state index is 12.0. The van der Waals surface area contributed by atoms with Crippen molar-refractivity contribution >= 4 is 11.8 Å². The summed E-state index contributed by atoms with van der Waals surface area (Å²) in [6.45, 7) is 3.50. The van der Waals surface area contributed by atoms with Gasteiger partial charge in [0.15, 0.2) is 0 Å². The Morgan fingerprint density at radius 3 is 2.46 bits per heavy atom. The molecule has 0 aliphatic carbocycles. The molecule has 4 rings (SSSR count). The minimum Gasteiger partial charge on any atom is -0.480 e. The van der Waals surface area contributed by atoms with Crippen LogP contribution in [-0.2, 0) is 17.8 Å². The van der Waals surface area contributed by atoms with Crippen LogP contribution in [-0.4, -0.2) is 40.6 Å². The maximum atomic E-state index is 12.0.